The van der Waals surface area contributed by atoms with Crippen molar-refractivity contribution in [3.05, 3.63) is 71.8 Å². The van der Waals surface area contributed by atoms with Crippen molar-refractivity contribution in [3.8, 4) is 0 Å². The molecule has 0 aromatic heterocycles. The number of carbonyl (C=O) groups is 1. The SMILES string of the molecule is O=C(C1CC1)N1CCC2(CC1)CN(Cc1ccccc1)C[C@@H](c1ccccc1)O2. The maximum atomic E-state index is 12.5. The minimum Gasteiger partial charge on any atom is -0.364 e. The smallest absolute Gasteiger partial charge is 0.225 e. The van der Waals surface area contributed by atoms with Gasteiger partial charge in [0.2, 0.25) is 5.91 Å². The van der Waals surface area contributed by atoms with Gasteiger partial charge in [0.15, 0.2) is 0 Å². The van der Waals surface area contributed by atoms with Gasteiger partial charge in [-0.05, 0) is 36.8 Å². The van der Waals surface area contributed by atoms with E-state index in [9.17, 15) is 4.79 Å². The first-order valence-corrected chi connectivity index (χ1v) is 11.0. The van der Waals surface area contributed by atoms with Gasteiger partial charge in [-0.3, -0.25) is 9.69 Å². The van der Waals surface area contributed by atoms with Crippen LogP contribution in [0.4, 0.5) is 0 Å². The Morgan fingerprint density at radius 1 is 0.966 bits per heavy atom. The predicted octanol–water partition coefficient (Wildman–Crippen LogP) is 4.03. The zero-order valence-corrected chi connectivity index (χ0v) is 17.0. The minimum atomic E-state index is -0.159. The molecule has 3 fully saturated rings. The summed E-state index contributed by atoms with van der Waals surface area (Å²) in [6, 6.07) is 21.3. The molecule has 0 N–H and O–H groups in total. The number of carbonyl (C=O) groups excluding carboxylic acids is 1. The Labute approximate surface area is 173 Å². The Morgan fingerprint density at radius 3 is 2.28 bits per heavy atom. The van der Waals surface area contributed by atoms with E-state index < -0.39 is 0 Å². The van der Waals surface area contributed by atoms with Crippen molar-refractivity contribution in [2.75, 3.05) is 26.2 Å². The van der Waals surface area contributed by atoms with Crippen LogP contribution in [0.2, 0.25) is 0 Å². The Bertz CT molecular complexity index is 826. The molecule has 3 aliphatic rings. The van der Waals surface area contributed by atoms with Crippen LogP contribution in [-0.4, -0.2) is 47.5 Å². The van der Waals surface area contributed by atoms with E-state index in [1.807, 2.05) is 0 Å². The Morgan fingerprint density at radius 2 is 1.62 bits per heavy atom. The van der Waals surface area contributed by atoms with Crippen LogP contribution in [0.1, 0.15) is 42.9 Å². The van der Waals surface area contributed by atoms with Gasteiger partial charge in [-0.1, -0.05) is 60.7 Å². The third-order valence-corrected chi connectivity index (χ3v) is 6.66. The fourth-order valence-electron chi connectivity index (χ4n) is 4.89. The lowest BCUT2D eigenvalue weighted by atomic mass is 9.87. The van der Waals surface area contributed by atoms with Crippen molar-refractivity contribution in [2.45, 2.75) is 43.9 Å². The lowest BCUT2D eigenvalue weighted by Crippen LogP contribution is -2.58. The van der Waals surface area contributed by atoms with E-state index in [1.165, 1.54) is 11.1 Å². The van der Waals surface area contributed by atoms with Crippen LogP contribution >= 0.6 is 0 Å². The fraction of sp³-hybridized carbons (Fsp3) is 0.480. The van der Waals surface area contributed by atoms with Gasteiger partial charge in [0.25, 0.3) is 0 Å². The highest BCUT2D eigenvalue weighted by Crippen LogP contribution is 2.39. The third kappa shape index (κ3) is 4.24. The standard InChI is InChI=1S/C25H30N2O2/c28-24(22-11-12-22)27-15-13-25(14-16-27)19-26(17-20-7-3-1-4-8-20)18-23(29-25)21-9-5-2-6-10-21/h1-10,22-23H,11-19H2/t23-/m0/s1. The highest BCUT2D eigenvalue weighted by atomic mass is 16.5. The third-order valence-electron chi connectivity index (χ3n) is 6.66. The van der Waals surface area contributed by atoms with Crippen molar-refractivity contribution < 1.29 is 9.53 Å². The monoisotopic (exact) mass is 390 g/mol. The van der Waals surface area contributed by atoms with E-state index in [0.29, 0.717) is 11.8 Å². The summed E-state index contributed by atoms with van der Waals surface area (Å²) in [4.78, 5) is 17.1. The van der Waals surface area contributed by atoms with Gasteiger partial charge >= 0.3 is 0 Å². The van der Waals surface area contributed by atoms with Crippen LogP contribution < -0.4 is 0 Å². The number of nitrogens with zero attached hydrogens (tertiary/aromatic N) is 2. The fourth-order valence-corrected chi connectivity index (χ4v) is 4.89. The molecule has 4 heteroatoms. The van der Waals surface area contributed by atoms with Gasteiger partial charge in [-0.25, -0.2) is 0 Å². The highest BCUT2D eigenvalue weighted by Gasteiger charge is 2.45. The van der Waals surface area contributed by atoms with Crippen LogP contribution in [0, 0.1) is 5.92 Å². The number of benzene rings is 2. The number of rotatable bonds is 4. The zero-order chi connectivity index (χ0) is 19.7. The first-order chi connectivity index (χ1) is 14.2. The molecule has 5 rings (SSSR count). The average molecular weight is 391 g/mol. The maximum absolute atomic E-state index is 12.5. The Hall–Kier alpha value is -2.17. The minimum absolute atomic E-state index is 0.0827. The predicted molar refractivity (Wildman–Crippen MR) is 113 cm³/mol. The molecule has 2 aromatic carbocycles. The van der Waals surface area contributed by atoms with Crippen molar-refractivity contribution in [1.82, 2.24) is 9.80 Å². The number of likely N-dealkylation sites (tertiary alicyclic amines) is 1. The molecule has 2 saturated heterocycles. The molecule has 1 spiro atoms. The first-order valence-electron chi connectivity index (χ1n) is 11.0. The lowest BCUT2D eigenvalue weighted by Gasteiger charge is -2.50. The van der Waals surface area contributed by atoms with E-state index in [1.54, 1.807) is 0 Å². The summed E-state index contributed by atoms with van der Waals surface area (Å²) in [5.41, 5.74) is 2.44. The summed E-state index contributed by atoms with van der Waals surface area (Å²) < 4.78 is 6.79. The van der Waals surface area contributed by atoms with E-state index >= 15 is 0 Å². The van der Waals surface area contributed by atoms with Crippen LogP contribution in [0.3, 0.4) is 0 Å². The second-order valence-corrected chi connectivity index (χ2v) is 8.95. The molecule has 152 valence electrons. The van der Waals surface area contributed by atoms with Gasteiger partial charge in [-0.2, -0.15) is 0 Å². The molecule has 29 heavy (non-hydrogen) atoms. The first kappa shape index (κ1) is 18.8. The summed E-state index contributed by atoms with van der Waals surface area (Å²) in [7, 11) is 0. The van der Waals surface area contributed by atoms with Crippen molar-refractivity contribution in [3.63, 3.8) is 0 Å². The van der Waals surface area contributed by atoms with Gasteiger partial charge in [0, 0.05) is 38.6 Å². The molecule has 0 radical (unpaired) electrons. The molecule has 0 unspecified atom stereocenters. The molecule has 1 atom stereocenters. The number of ether oxygens (including phenoxy) is 1. The Kier molecular flexibility index (Phi) is 5.15. The van der Waals surface area contributed by atoms with Crippen LogP contribution in [0.15, 0.2) is 60.7 Å². The molecule has 4 nitrogen and oxygen atoms in total. The van der Waals surface area contributed by atoms with E-state index in [0.717, 1.165) is 58.4 Å². The normalized spacial score (nSPS) is 24.6. The average Bonchev–Trinajstić information content (AvgIpc) is 3.60. The summed E-state index contributed by atoms with van der Waals surface area (Å²) >= 11 is 0. The summed E-state index contributed by atoms with van der Waals surface area (Å²) in [5, 5.41) is 0. The van der Waals surface area contributed by atoms with E-state index in [-0.39, 0.29) is 11.7 Å². The molecular weight excluding hydrogens is 360 g/mol. The lowest BCUT2D eigenvalue weighted by molar-refractivity contribution is -0.182. The number of hydrogen-bond donors (Lipinski definition) is 0. The van der Waals surface area contributed by atoms with Crippen LogP contribution in [0.5, 0.6) is 0 Å². The second-order valence-electron chi connectivity index (χ2n) is 8.95. The van der Waals surface area contributed by atoms with Crippen LogP contribution in [0.25, 0.3) is 0 Å². The van der Waals surface area contributed by atoms with E-state index in [2.05, 4.69) is 70.5 Å². The molecule has 1 saturated carbocycles. The maximum Gasteiger partial charge on any atom is 0.225 e. The van der Waals surface area contributed by atoms with Crippen molar-refractivity contribution in [2.24, 2.45) is 5.92 Å². The highest BCUT2D eigenvalue weighted by molar-refractivity contribution is 5.81. The molecular formula is C25H30N2O2. The number of hydrogen-bond acceptors (Lipinski definition) is 3. The topological polar surface area (TPSA) is 32.8 Å². The van der Waals surface area contributed by atoms with Crippen LogP contribution in [-0.2, 0) is 16.1 Å². The van der Waals surface area contributed by atoms with Crippen molar-refractivity contribution >= 4 is 5.91 Å². The van der Waals surface area contributed by atoms with Crippen molar-refractivity contribution in [1.29, 1.82) is 0 Å². The molecule has 2 aromatic rings. The van der Waals surface area contributed by atoms with Gasteiger partial charge in [0.1, 0.15) is 0 Å². The summed E-state index contributed by atoms with van der Waals surface area (Å²) in [5.74, 6) is 0.680. The summed E-state index contributed by atoms with van der Waals surface area (Å²) in [6.07, 6.45) is 4.11. The molecule has 2 heterocycles. The molecule has 1 aliphatic carbocycles. The van der Waals surface area contributed by atoms with Gasteiger partial charge in [0.05, 0.1) is 11.7 Å². The molecule has 0 bridgehead atoms. The number of amides is 1. The molecule has 1 amide bonds. The van der Waals surface area contributed by atoms with Gasteiger partial charge in [-0.15, -0.1) is 0 Å². The second kappa shape index (κ2) is 7.92. The summed E-state index contributed by atoms with van der Waals surface area (Å²) in [6.45, 7) is 4.45. The zero-order valence-electron chi connectivity index (χ0n) is 17.0. The van der Waals surface area contributed by atoms with E-state index in [4.69, 9.17) is 4.74 Å². The number of morpholine rings is 1. The number of piperidine rings is 1. The van der Waals surface area contributed by atoms with Gasteiger partial charge < -0.3 is 9.64 Å². The quantitative estimate of drug-likeness (QED) is 0.790. The Balaban J connectivity index is 1.33. The molecule has 2 aliphatic heterocycles. The largest absolute Gasteiger partial charge is 0.364 e.